The molecular weight excluding hydrogens is 334 g/mol. The summed E-state index contributed by atoms with van der Waals surface area (Å²) in [4.78, 5) is 37.3. The molecule has 1 heterocycles. The number of amides is 1. The number of rotatable bonds is 6. The standard InChI is InChI=1S/C20H19NO5/c1-2-25-17-9-7-16(8-10-17)21-12-15(11-19(21)23)20(24)26-18-6-4-3-5-14(18)13-22/h3-10,13,15H,2,11-12H2,1H3/t15-/m1/s1. The van der Waals surface area contributed by atoms with E-state index in [-0.39, 0.29) is 24.6 Å². The molecule has 6 nitrogen and oxygen atoms in total. The van der Waals surface area contributed by atoms with E-state index >= 15 is 0 Å². The van der Waals surface area contributed by atoms with Crippen LogP contribution in [-0.2, 0) is 9.59 Å². The Labute approximate surface area is 151 Å². The number of hydrogen-bond donors (Lipinski definition) is 0. The molecular formula is C20H19NO5. The maximum absolute atomic E-state index is 12.4. The van der Waals surface area contributed by atoms with Crippen LogP contribution in [-0.4, -0.2) is 31.3 Å². The minimum absolute atomic E-state index is 0.0787. The van der Waals surface area contributed by atoms with Crippen LogP contribution in [0.25, 0.3) is 0 Å². The topological polar surface area (TPSA) is 72.9 Å². The molecule has 1 fully saturated rings. The molecule has 3 rings (SSSR count). The Hall–Kier alpha value is -3.15. The second-order valence-electron chi connectivity index (χ2n) is 5.91. The number of aldehydes is 1. The Bertz CT molecular complexity index is 815. The van der Waals surface area contributed by atoms with Gasteiger partial charge in [0, 0.05) is 18.7 Å². The first-order valence-corrected chi connectivity index (χ1v) is 8.41. The number of ether oxygens (including phenoxy) is 2. The lowest BCUT2D eigenvalue weighted by Gasteiger charge is -2.17. The van der Waals surface area contributed by atoms with Gasteiger partial charge in [0.15, 0.2) is 6.29 Å². The van der Waals surface area contributed by atoms with Gasteiger partial charge < -0.3 is 14.4 Å². The number of anilines is 1. The van der Waals surface area contributed by atoms with E-state index in [0.717, 1.165) is 5.75 Å². The zero-order valence-corrected chi connectivity index (χ0v) is 14.4. The molecule has 1 saturated heterocycles. The van der Waals surface area contributed by atoms with Crippen LogP contribution in [0.4, 0.5) is 5.69 Å². The van der Waals surface area contributed by atoms with Crippen LogP contribution < -0.4 is 14.4 Å². The highest BCUT2D eigenvalue weighted by Crippen LogP contribution is 2.28. The summed E-state index contributed by atoms with van der Waals surface area (Å²) >= 11 is 0. The average molecular weight is 353 g/mol. The lowest BCUT2D eigenvalue weighted by molar-refractivity contribution is -0.139. The number of esters is 1. The minimum Gasteiger partial charge on any atom is -0.494 e. The molecule has 26 heavy (non-hydrogen) atoms. The maximum atomic E-state index is 12.4. The number of hydrogen-bond acceptors (Lipinski definition) is 5. The van der Waals surface area contributed by atoms with Gasteiger partial charge in [-0.05, 0) is 43.3 Å². The van der Waals surface area contributed by atoms with Crippen molar-refractivity contribution < 1.29 is 23.9 Å². The zero-order valence-electron chi connectivity index (χ0n) is 14.4. The lowest BCUT2D eigenvalue weighted by atomic mass is 10.1. The molecule has 2 aromatic carbocycles. The first-order chi connectivity index (χ1) is 12.6. The Kier molecular flexibility index (Phi) is 5.31. The molecule has 1 aliphatic heterocycles. The van der Waals surface area contributed by atoms with Crippen LogP contribution in [0.1, 0.15) is 23.7 Å². The Morgan fingerprint density at radius 2 is 1.92 bits per heavy atom. The fraction of sp³-hybridized carbons (Fsp3) is 0.250. The number of para-hydroxylation sites is 1. The van der Waals surface area contributed by atoms with E-state index in [1.807, 2.05) is 6.92 Å². The van der Waals surface area contributed by atoms with Gasteiger partial charge in [0.05, 0.1) is 18.1 Å². The predicted molar refractivity (Wildman–Crippen MR) is 95.5 cm³/mol. The van der Waals surface area contributed by atoms with Crippen molar-refractivity contribution in [2.75, 3.05) is 18.1 Å². The number of carbonyl (C=O) groups excluding carboxylic acids is 3. The van der Waals surface area contributed by atoms with E-state index in [9.17, 15) is 14.4 Å². The van der Waals surface area contributed by atoms with E-state index in [2.05, 4.69) is 0 Å². The van der Waals surface area contributed by atoms with E-state index < -0.39 is 11.9 Å². The van der Waals surface area contributed by atoms with Crippen LogP contribution in [0.3, 0.4) is 0 Å². The van der Waals surface area contributed by atoms with Crippen molar-refractivity contribution in [1.29, 1.82) is 0 Å². The normalized spacial score (nSPS) is 16.4. The van der Waals surface area contributed by atoms with E-state index in [1.54, 1.807) is 53.4 Å². The van der Waals surface area contributed by atoms with Crippen LogP contribution in [0.5, 0.6) is 11.5 Å². The summed E-state index contributed by atoms with van der Waals surface area (Å²) in [6.07, 6.45) is 0.712. The van der Waals surface area contributed by atoms with Gasteiger partial charge in [-0.2, -0.15) is 0 Å². The fourth-order valence-electron chi connectivity index (χ4n) is 2.87. The van der Waals surface area contributed by atoms with Gasteiger partial charge in [-0.15, -0.1) is 0 Å². The Morgan fingerprint density at radius 3 is 2.62 bits per heavy atom. The highest BCUT2D eigenvalue weighted by molar-refractivity contribution is 5.99. The van der Waals surface area contributed by atoms with E-state index in [4.69, 9.17) is 9.47 Å². The molecule has 0 radical (unpaired) electrons. The summed E-state index contributed by atoms with van der Waals surface area (Å²) < 4.78 is 10.7. The molecule has 1 atom stereocenters. The van der Waals surface area contributed by atoms with Crippen LogP contribution >= 0.6 is 0 Å². The molecule has 2 aromatic rings. The third-order valence-electron chi connectivity index (χ3n) is 4.17. The number of nitrogens with zero attached hydrogens (tertiary/aromatic N) is 1. The van der Waals surface area contributed by atoms with Crippen molar-refractivity contribution in [3.05, 3.63) is 54.1 Å². The van der Waals surface area contributed by atoms with Crippen LogP contribution in [0.2, 0.25) is 0 Å². The second kappa shape index (κ2) is 7.82. The molecule has 134 valence electrons. The number of carbonyl (C=O) groups is 3. The first kappa shape index (κ1) is 17.7. The van der Waals surface area contributed by atoms with E-state index in [0.29, 0.717) is 24.1 Å². The maximum Gasteiger partial charge on any atom is 0.316 e. The number of benzene rings is 2. The highest BCUT2D eigenvalue weighted by Gasteiger charge is 2.36. The summed E-state index contributed by atoms with van der Waals surface area (Å²) in [7, 11) is 0. The molecule has 1 aliphatic rings. The van der Waals surface area contributed by atoms with Gasteiger partial charge in [0.25, 0.3) is 0 Å². The third kappa shape index (κ3) is 3.74. The summed E-state index contributed by atoms with van der Waals surface area (Å²) in [6.45, 7) is 2.71. The van der Waals surface area contributed by atoms with Crippen molar-refractivity contribution in [1.82, 2.24) is 0 Å². The molecule has 1 amide bonds. The van der Waals surface area contributed by atoms with Crippen molar-refractivity contribution >= 4 is 23.9 Å². The van der Waals surface area contributed by atoms with E-state index in [1.165, 1.54) is 0 Å². The Morgan fingerprint density at radius 1 is 1.19 bits per heavy atom. The molecule has 0 saturated carbocycles. The average Bonchev–Trinajstić information content (AvgIpc) is 3.05. The monoisotopic (exact) mass is 353 g/mol. The lowest BCUT2D eigenvalue weighted by Crippen LogP contribution is -2.27. The SMILES string of the molecule is CCOc1ccc(N2C[C@H](C(=O)Oc3ccccc3C=O)CC2=O)cc1. The smallest absolute Gasteiger partial charge is 0.316 e. The van der Waals surface area contributed by atoms with Gasteiger partial charge in [-0.25, -0.2) is 0 Å². The van der Waals surface area contributed by atoms with Crippen LogP contribution in [0, 0.1) is 5.92 Å². The van der Waals surface area contributed by atoms with Gasteiger partial charge in [0.1, 0.15) is 11.5 Å². The minimum atomic E-state index is -0.575. The summed E-state index contributed by atoms with van der Waals surface area (Å²) in [5.41, 5.74) is 1.01. The quantitative estimate of drug-likeness (QED) is 0.454. The largest absolute Gasteiger partial charge is 0.494 e. The molecule has 6 heteroatoms. The van der Waals surface area contributed by atoms with Crippen molar-refractivity contribution in [2.24, 2.45) is 5.92 Å². The third-order valence-corrected chi connectivity index (χ3v) is 4.17. The fourth-order valence-corrected chi connectivity index (χ4v) is 2.87. The molecule has 0 N–H and O–H groups in total. The summed E-state index contributed by atoms with van der Waals surface area (Å²) in [6, 6.07) is 13.7. The molecule has 0 spiro atoms. The molecule has 0 aliphatic carbocycles. The van der Waals surface area contributed by atoms with Crippen LogP contribution in [0.15, 0.2) is 48.5 Å². The van der Waals surface area contributed by atoms with Crippen molar-refractivity contribution in [3.8, 4) is 11.5 Å². The van der Waals surface area contributed by atoms with Gasteiger partial charge in [-0.1, -0.05) is 12.1 Å². The van der Waals surface area contributed by atoms with Gasteiger partial charge in [0.2, 0.25) is 5.91 Å². The van der Waals surface area contributed by atoms with Crippen molar-refractivity contribution in [2.45, 2.75) is 13.3 Å². The molecule has 0 aromatic heterocycles. The predicted octanol–water partition coefficient (Wildman–Crippen LogP) is 2.86. The van der Waals surface area contributed by atoms with Gasteiger partial charge >= 0.3 is 5.97 Å². The van der Waals surface area contributed by atoms with Crippen molar-refractivity contribution in [3.63, 3.8) is 0 Å². The molecule has 0 unspecified atom stereocenters. The van der Waals surface area contributed by atoms with Gasteiger partial charge in [-0.3, -0.25) is 14.4 Å². The first-order valence-electron chi connectivity index (χ1n) is 8.41. The zero-order chi connectivity index (χ0) is 18.5. The molecule has 0 bridgehead atoms. The summed E-state index contributed by atoms with van der Waals surface area (Å²) in [5, 5.41) is 0. The Balaban J connectivity index is 1.68. The second-order valence-corrected chi connectivity index (χ2v) is 5.91. The highest BCUT2D eigenvalue weighted by atomic mass is 16.5. The summed E-state index contributed by atoms with van der Waals surface area (Å²) in [5.74, 6) is -0.293.